The summed E-state index contributed by atoms with van der Waals surface area (Å²) in [6.45, 7) is 1.74. The minimum absolute atomic E-state index is 0.145. The Bertz CT molecular complexity index is 719. The molecule has 0 aromatic heterocycles. The van der Waals surface area contributed by atoms with E-state index in [1.807, 2.05) is 30.3 Å². The van der Waals surface area contributed by atoms with Gasteiger partial charge in [-0.3, -0.25) is 4.79 Å². The number of nitrogens with zero attached hydrogens (tertiary/aromatic N) is 1. The maximum absolute atomic E-state index is 11.8. The van der Waals surface area contributed by atoms with E-state index in [1.165, 1.54) is 11.8 Å². The fourth-order valence-electron chi connectivity index (χ4n) is 1.91. The van der Waals surface area contributed by atoms with Crippen molar-refractivity contribution in [2.75, 3.05) is 5.75 Å². The van der Waals surface area contributed by atoms with E-state index in [2.05, 4.69) is 26.5 Å². The van der Waals surface area contributed by atoms with Crippen LogP contribution in [0.4, 0.5) is 0 Å². The number of nitrogens with one attached hydrogen (secondary N) is 1. The Morgan fingerprint density at radius 3 is 2.78 bits per heavy atom. The van der Waals surface area contributed by atoms with Crippen LogP contribution in [0.15, 0.2) is 58.1 Å². The molecule has 2 aromatic carbocycles. The quantitative estimate of drug-likeness (QED) is 0.578. The Labute approximate surface area is 148 Å². The van der Waals surface area contributed by atoms with Gasteiger partial charge in [-0.15, -0.1) is 11.8 Å². The van der Waals surface area contributed by atoms with Crippen molar-refractivity contribution in [3.05, 3.63) is 64.1 Å². The lowest BCUT2D eigenvalue weighted by Crippen LogP contribution is -2.21. The molecule has 0 saturated heterocycles. The van der Waals surface area contributed by atoms with Crippen LogP contribution in [0, 0.1) is 0 Å². The van der Waals surface area contributed by atoms with E-state index in [0.29, 0.717) is 17.0 Å². The van der Waals surface area contributed by atoms with Crippen LogP contribution in [0.3, 0.4) is 0 Å². The molecule has 1 amide bonds. The Morgan fingerprint density at radius 2 is 2.04 bits per heavy atom. The molecule has 0 heterocycles. The average molecular weight is 393 g/mol. The van der Waals surface area contributed by atoms with Crippen LogP contribution in [-0.4, -0.2) is 22.5 Å². The van der Waals surface area contributed by atoms with Gasteiger partial charge in [0.15, 0.2) is 0 Å². The number of aromatic hydroxyl groups is 1. The van der Waals surface area contributed by atoms with Crippen LogP contribution >= 0.6 is 27.7 Å². The van der Waals surface area contributed by atoms with Gasteiger partial charge >= 0.3 is 0 Å². The molecule has 0 spiro atoms. The van der Waals surface area contributed by atoms with Gasteiger partial charge in [-0.2, -0.15) is 5.10 Å². The highest BCUT2D eigenvalue weighted by Crippen LogP contribution is 2.17. The summed E-state index contributed by atoms with van der Waals surface area (Å²) in [6, 6.07) is 14.9. The van der Waals surface area contributed by atoms with Crippen molar-refractivity contribution in [3.8, 4) is 5.75 Å². The molecule has 0 saturated carbocycles. The molecular formula is C17H17BrN2O2S. The van der Waals surface area contributed by atoms with E-state index < -0.39 is 0 Å². The van der Waals surface area contributed by atoms with Crippen molar-refractivity contribution in [1.29, 1.82) is 0 Å². The third-order valence-electron chi connectivity index (χ3n) is 3.03. The summed E-state index contributed by atoms with van der Waals surface area (Å²) in [5, 5.41) is 13.8. The third kappa shape index (κ3) is 5.73. The largest absolute Gasteiger partial charge is 0.507 e. The summed E-state index contributed by atoms with van der Waals surface area (Å²) in [5.41, 5.74) is 4.84. The highest BCUT2D eigenvalue weighted by atomic mass is 79.9. The first-order valence-corrected chi connectivity index (χ1v) is 8.94. The second-order valence-corrected chi connectivity index (χ2v) is 6.77. The minimum atomic E-state index is -0.167. The van der Waals surface area contributed by atoms with Gasteiger partial charge < -0.3 is 5.11 Å². The number of hydrazone groups is 1. The predicted molar refractivity (Wildman–Crippen MR) is 98.8 cm³/mol. The topological polar surface area (TPSA) is 61.7 Å². The van der Waals surface area contributed by atoms with Gasteiger partial charge in [0.1, 0.15) is 5.75 Å². The van der Waals surface area contributed by atoms with Crippen molar-refractivity contribution in [2.45, 2.75) is 12.7 Å². The SMILES string of the molecule is CC(=NNC(=O)CSCc1cccc(Br)c1)c1ccccc1O. The second-order valence-electron chi connectivity index (χ2n) is 4.87. The first kappa shape index (κ1) is 17.6. The molecule has 2 N–H and O–H groups in total. The van der Waals surface area contributed by atoms with Crippen LogP contribution in [0.5, 0.6) is 5.75 Å². The number of hydrogen-bond acceptors (Lipinski definition) is 4. The Balaban J connectivity index is 1.81. The van der Waals surface area contributed by atoms with Crippen LogP contribution in [0.1, 0.15) is 18.1 Å². The number of thioether (sulfide) groups is 1. The predicted octanol–water partition coefficient (Wildman–Crippen LogP) is 3.93. The van der Waals surface area contributed by atoms with Crippen LogP contribution in [0.2, 0.25) is 0 Å². The number of phenols is 1. The zero-order chi connectivity index (χ0) is 16.7. The fraction of sp³-hybridized carbons (Fsp3) is 0.176. The number of hydrogen-bond donors (Lipinski definition) is 2. The normalized spacial score (nSPS) is 11.3. The number of halogens is 1. The van der Waals surface area contributed by atoms with Gasteiger partial charge in [0.2, 0.25) is 5.91 Å². The maximum Gasteiger partial charge on any atom is 0.250 e. The molecule has 0 aliphatic heterocycles. The Hall–Kier alpha value is -1.79. The first-order valence-electron chi connectivity index (χ1n) is 7.00. The third-order valence-corrected chi connectivity index (χ3v) is 4.53. The van der Waals surface area contributed by atoms with E-state index in [0.717, 1.165) is 15.8 Å². The van der Waals surface area contributed by atoms with Gasteiger partial charge in [-0.25, -0.2) is 5.43 Å². The minimum Gasteiger partial charge on any atom is -0.507 e. The number of rotatable bonds is 6. The standard InChI is InChI=1S/C17H17BrN2O2S/c1-12(15-7-2-3-8-16(15)21)19-20-17(22)11-23-10-13-5-4-6-14(18)9-13/h2-9,21H,10-11H2,1H3,(H,20,22). The smallest absolute Gasteiger partial charge is 0.250 e. The highest BCUT2D eigenvalue weighted by Gasteiger charge is 2.05. The van der Waals surface area contributed by atoms with E-state index >= 15 is 0 Å². The van der Waals surface area contributed by atoms with Gasteiger partial charge in [0.05, 0.1) is 11.5 Å². The van der Waals surface area contributed by atoms with Gasteiger partial charge in [-0.05, 0) is 36.8 Å². The van der Waals surface area contributed by atoms with Crippen LogP contribution < -0.4 is 5.43 Å². The molecule has 4 nitrogen and oxygen atoms in total. The van der Waals surface area contributed by atoms with Crippen molar-refractivity contribution < 1.29 is 9.90 Å². The average Bonchev–Trinajstić information content (AvgIpc) is 2.53. The lowest BCUT2D eigenvalue weighted by Gasteiger charge is -2.05. The van der Waals surface area contributed by atoms with E-state index in [-0.39, 0.29) is 11.7 Å². The van der Waals surface area contributed by atoms with Gasteiger partial charge in [0, 0.05) is 15.8 Å². The van der Waals surface area contributed by atoms with Crippen molar-refractivity contribution in [1.82, 2.24) is 5.43 Å². The second kappa shape index (κ2) is 8.74. The number of benzene rings is 2. The zero-order valence-electron chi connectivity index (χ0n) is 12.6. The molecular weight excluding hydrogens is 376 g/mol. The number of carbonyl (C=O) groups is 1. The number of carbonyl (C=O) groups excluding carboxylic acids is 1. The molecule has 6 heteroatoms. The first-order chi connectivity index (χ1) is 11.1. The lowest BCUT2D eigenvalue weighted by molar-refractivity contribution is -0.118. The zero-order valence-corrected chi connectivity index (χ0v) is 15.0. The highest BCUT2D eigenvalue weighted by molar-refractivity contribution is 9.10. The molecule has 2 aromatic rings. The lowest BCUT2D eigenvalue weighted by atomic mass is 10.1. The van der Waals surface area contributed by atoms with Gasteiger partial charge in [-0.1, -0.05) is 40.2 Å². The number of phenolic OH excluding ortho intramolecular Hbond substituents is 1. The van der Waals surface area contributed by atoms with Crippen molar-refractivity contribution >= 4 is 39.3 Å². The Morgan fingerprint density at radius 1 is 1.26 bits per heavy atom. The molecule has 2 rings (SSSR count). The Kier molecular flexibility index (Phi) is 6.67. The summed E-state index contributed by atoms with van der Waals surface area (Å²) < 4.78 is 1.03. The van der Waals surface area contributed by atoms with E-state index in [9.17, 15) is 9.90 Å². The van der Waals surface area contributed by atoms with Crippen molar-refractivity contribution in [3.63, 3.8) is 0 Å². The molecule has 0 bridgehead atoms. The number of amides is 1. The molecule has 0 fully saturated rings. The molecule has 120 valence electrons. The van der Waals surface area contributed by atoms with E-state index in [1.54, 1.807) is 25.1 Å². The molecule has 0 aliphatic carbocycles. The summed E-state index contributed by atoms with van der Waals surface area (Å²) in [4.78, 5) is 11.8. The van der Waals surface area contributed by atoms with Crippen LogP contribution in [0.25, 0.3) is 0 Å². The maximum atomic E-state index is 11.8. The molecule has 0 unspecified atom stereocenters. The molecule has 0 atom stereocenters. The van der Waals surface area contributed by atoms with E-state index in [4.69, 9.17) is 0 Å². The molecule has 0 radical (unpaired) electrons. The fourth-order valence-corrected chi connectivity index (χ4v) is 3.12. The summed E-state index contributed by atoms with van der Waals surface area (Å²) in [5.74, 6) is 1.06. The molecule has 23 heavy (non-hydrogen) atoms. The molecule has 0 aliphatic rings. The number of para-hydroxylation sites is 1. The van der Waals surface area contributed by atoms with Crippen LogP contribution in [-0.2, 0) is 10.5 Å². The summed E-state index contributed by atoms with van der Waals surface area (Å²) in [7, 11) is 0. The van der Waals surface area contributed by atoms with Crippen molar-refractivity contribution in [2.24, 2.45) is 5.10 Å². The monoisotopic (exact) mass is 392 g/mol. The van der Waals surface area contributed by atoms with Gasteiger partial charge in [0.25, 0.3) is 0 Å². The summed E-state index contributed by atoms with van der Waals surface area (Å²) in [6.07, 6.45) is 0. The summed E-state index contributed by atoms with van der Waals surface area (Å²) >= 11 is 4.95.